The van der Waals surface area contributed by atoms with Crippen molar-refractivity contribution in [3.8, 4) is 11.4 Å². The number of piperazine rings is 1. The number of hydrogen-bond acceptors (Lipinski definition) is 3. The molecule has 2 N–H and O–H groups in total. The minimum atomic E-state index is -0.134. The molecule has 1 amide bonds. The molecule has 1 aliphatic rings. The number of Topliss-reactive ketones (excluding diaryl/α,β-unsaturated/α-hetero) is 1. The van der Waals surface area contributed by atoms with Crippen LogP contribution in [0.3, 0.4) is 0 Å². The molecule has 1 fully saturated rings. The molecule has 0 spiro atoms. The van der Waals surface area contributed by atoms with E-state index in [4.69, 9.17) is 0 Å². The molecule has 0 bridgehead atoms. The minimum Gasteiger partial charge on any atom is -0.346 e. The summed E-state index contributed by atoms with van der Waals surface area (Å²) in [7, 11) is 1.86. The van der Waals surface area contributed by atoms with Gasteiger partial charge in [0.25, 0.3) is 11.5 Å². The van der Waals surface area contributed by atoms with Crippen molar-refractivity contribution in [2.45, 2.75) is 20.8 Å². The molecule has 2 aromatic heterocycles. The molecule has 31 heavy (non-hydrogen) atoms. The maximum Gasteiger partial charge on any atom is 0.295 e. The molecule has 1 saturated heterocycles. The number of para-hydroxylation sites is 1. The Morgan fingerprint density at radius 3 is 2.48 bits per heavy atom. The summed E-state index contributed by atoms with van der Waals surface area (Å²) in [5.41, 5.74) is 4.19. The molecule has 162 valence electrons. The molecule has 1 aromatic carbocycles. The van der Waals surface area contributed by atoms with Crippen LogP contribution in [-0.2, 0) is 11.8 Å². The first kappa shape index (κ1) is 20.9. The molecule has 4 rings (SSSR count). The number of nitrogens with one attached hydrogen (secondary N) is 2. The standard InChI is InChI=1S/C23H27N5O3/c1-15-12-19(20(29)13-26-11-10-24-21(30)14-26)16(2)27(15)22-17(3)25(4)28(23(22)31)18-8-6-5-7-9-18/h5-9,12H,10-11,13-14H2,1-4H3,(H,24,30)/p+1. The number of carbonyl (C=O) groups is 2. The first-order chi connectivity index (χ1) is 14.8. The van der Waals surface area contributed by atoms with Crippen LogP contribution in [0.1, 0.15) is 27.4 Å². The highest BCUT2D eigenvalue weighted by molar-refractivity contribution is 5.98. The van der Waals surface area contributed by atoms with Gasteiger partial charge < -0.3 is 14.8 Å². The third-order valence-electron chi connectivity index (χ3n) is 6.10. The van der Waals surface area contributed by atoms with Crippen LogP contribution < -0.4 is 15.8 Å². The van der Waals surface area contributed by atoms with E-state index in [1.807, 2.05) is 73.5 Å². The molecule has 8 nitrogen and oxygen atoms in total. The third-order valence-corrected chi connectivity index (χ3v) is 6.10. The van der Waals surface area contributed by atoms with Crippen LogP contribution in [0.4, 0.5) is 0 Å². The van der Waals surface area contributed by atoms with E-state index in [2.05, 4.69) is 5.32 Å². The Bertz CT molecular complexity index is 1220. The number of rotatable bonds is 5. The second-order valence-corrected chi connectivity index (χ2v) is 8.16. The molecule has 0 saturated carbocycles. The van der Waals surface area contributed by atoms with E-state index in [9.17, 15) is 14.4 Å². The van der Waals surface area contributed by atoms with E-state index >= 15 is 0 Å². The van der Waals surface area contributed by atoms with E-state index in [-0.39, 0.29) is 23.8 Å². The first-order valence-electron chi connectivity index (χ1n) is 10.5. The highest BCUT2D eigenvalue weighted by atomic mass is 16.2. The van der Waals surface area contributed by atoms with E-state index < -0.39 is 0 Å². The van der Waals surface area contributed by atoms with E-state index in [0.29, 0.717) is 24.3 Å². The normalized spacial score (nSPS) is 16.4. The number of aromatic nitrogens is 3. The second kappa shape index (κ2) is 8.03. The second-order valence-electron chi connectivity index (χ2n) is 8.16. The van der Waals surface area contributed by atoms with Crippen LogP contribution in [0, 0.1) is 20.8 Å². The van der Waals surface area contributed by atoms with Gasteiger partial charge in [0, 0.05) is 24.0 Å². The van der Waals surface area contributed by atoms with E-state index in [1.54, 1.807) is 4.68 Å². The first-order valence-corrected chi connectivity index (χ1v) is 10.5. The van der Waals surface area contributed by atoms with Gasteiger partial charge in [-0.05, 0) is 39.0 Å². The van der Waals surface area contributed by atoms with Crippen molar-refractivity contribution in [3.05, 3.63) is 69.4 Å². The predicted molar refractivity (Wildman–Crippen MR) is 117 cm³/mol. The summed E-state index contributed by atoms with van der Waals surface area (Å²) < 4.78 is 5.36. The Morgan fingerprint density at radius 1 is 1.10 bits per heavy atom. The van der Waals surface area contributed by atoms with E-state index in [1.165, 1.54) is 0 Å². The molecule has 1 unspecified atom stereocenters. The summed E-state index contributed by atoms with van der Waals surface area (Å²) in [4.78, 5) is 39.1. The van der Waals surface area contributed by atoms with Crippen LogP contribution in [0.5, 0.6) is 0 Å². The quantitative estimate of drug-likeness (QED) is 0.572. The van der Waals surface area contributed by atoms with Crippen molar-refractivity contribution < 1.29 is 14.5 Å². The van der Waals surface area contributed by atoms with Crippen molar-refractivity contribution in [2.24, 2.45) is 7.05 Å². The molecule has 8 heteroatoms. The number of ketones is 1. The molecule has 1 atom stereocenters. The Hall–Kier alpha value is -3.39. The van der Waals surface area contributed by atoms with Gasteiger partial charge >= 0.3 is 0 Å². The lowest BCUT2D eigenvalue weighted by Crippen LogP contribution is -3.16. The Balaban J connectivity index is 1.74. The SMILES string of the molecule is Cc1cc(C(=O)C[NH+]2CCNC(=O)C2)c(C)n1-c1c(C)n(C)n(-c2ccccc2)c1=O. The zero-order valence-corrected chi connectivity index (χ0v) is 18.4. The zero-order valence-electron chi connectivity index (χ0n) is 18.4. The monoisotopic (exact) mass is 422 g/mol. The number of carbonyl (C=O) groups excluding carboxylic acids is 2. The summed E-state index contributed by atoms with van der Waals surface area (Å²) in [6.07, 6.45) is 0. The summed E-state index contributed by atoms with van der Waals surface area (Å²) in [5.74, 6) is -0.0399. The maximum absolute atomic E-state index is 13.4. The van der Waals surface area contributed by atoms with Crippen LogP contribution in [-0.4, -0.2) is 51.8 Å². The van der Waals surface area contributed by atoms with Gasteiger partial charge in [0.1, 0.15) is 12.2 Å². The lowest BCUT2D eigenvalue weighted by atomic mass is 10.1. The summed E-state index contributed by atoms with van der Waals surface area (Å²) in [5, 5.41) is 2.79. The smallest absolute Gasteiger partial charge is 0.295 e. The van der Waals surface area contributed by atoms with Gasteiger partial charge in [-0.2, -0.15) is 0 Å². The average Bonchev–Trinajstić information content (AvgIpc) is 3.14. The Morgan fingerprint density at radius 2 is 1.81 bits per heavy atom. The number of nitrogens with zero attached hydrogens (tertiary/aromatic N) is 3. The van der Waals surface area contributed by atoms with Gasteiger partial charge in [0.2, 0.25) is 5.78 Å². The van der Waals surface area contributed by atoms with Crippen LogP contribution in [0.2, 0.25) is 0 Å². The van der Waals surface area contributed by atoms with Gasteiger partial charge in [-0.25, -0.2) is 4.68 Å². The number of benzene rings is 1. The van der Waals surface area contributed by atoms with Gasteiger partial charge in [0.15, 0.2) is 6.54 Å². The zero-order chi connectivity index (χ0) is 22.3. The fourth-order valence-corrected chi connectivity index (χ4v) is 4.43. The maximum atomic E-state index is 13.4. The van der Waals surface area contributed by atoms with Crippen LogP contribution >= 0.6 is 0 Å². The van der Waals surface area contributed by atoms with Gasteiger partial charge in [-0.1, -0.05) is 18.2 Å². The number of amides is 1. The fraction of sp³-hybridized carbons (Fsp3) is 0.348. The lowest BCUT2D eigenvalue weighted by Gasteiger charge is -2.22. The minimum absolute atomic E-state index is 0.0129. The molecule has 3 heterocycles. The molecule has 3 aromatic rings. The highest BCUT2D eigenvalue weighted by Crippen LogP contribution is 2.22. The summed E-state index contributed by atoms with van der Waals surface area (Å²) in [6, 6.07) is 11.3. The van der Waals surface area contributed by atoms with Crippen molar-refractivity contribution in [3.63, 3.8) is 0 Å². The van der Waals surface area contributed by atoms with E-state index in [0.717, 1.165) is 34.2 Å². The number of quaternary nitrogens is 1. The van der Waals surface area contributed by atoms with Crippen molar-refractivity contribution in [1.29, 1.82) is 0 Å². The fourth-order valence-electron chi connectivity index (χ4n) is 4.43. The average molecular weight is 423 g/mol. The number of aryl methyl sites for hydroxylation is 1. The molecule has 1 aliphatic heterocycles. The summed E-state index contributed by atoms with van der Waals surface area (Å²) >= 11 is 0. The molecular weight excluding hydrogens is 394 g/mol. The Labute approximate surface area is 180 Å². The van der Waals surface area contributed by atoms with Crippen LogP contribution in [0.15, 0.2) is 41.2 Å². The topological polar surface area (TPSA) is 82.5 Å². The van der Waals surface area contributed by atoms with Gasteiger partial charge in [-0.15, -0.1) is 0 Å². The summed E-state index contributed by atoms with van der Waals surface area (Å²) in [6.45, 7) is 7.58. The predicted octanol–water partition coefficient (Wildman–Crippen LogP) is 0.0894. The third kappa shape index (κ3) is 3.63. The van der Waals surface area contributed by atoms with Crippen molar-refractivity contribution >= 4 is 11.7 Å². The van der Waals surface area contributed by atoms with Gasteiger partial charge in [0.05, 0.1) is 24.5 Å². The molecular formula is C23H28N5O3+. The molecule has 0 radical (unpaired) electrons. The van der Waals surface area contributed by atoms with Crippen molar-refractivity contribution in [2.75, 3.05) is 26.2 Å². The highest BCUT2D eigenvalue weighted by Gasteiger charge is 2.27. The van der Waals surface area contributed by atoms with Crippen LogP contribution in [0.25, 0.3) is 11.4 Å². The Kier molecular flexibility index (Phi) is 5.41. The largest absolute Gasteiger partial charge is 0.346 e. The number of hydrogen-bond donors (Lipinski definition) is 2. The molecule has 0 aliphatic carbocycles. The lowest BCUT2D eigenvalue weighted by molar-refractivity contribution is -0.884. The van der Waals surface area contributed by atoms with Crippen molar-refractivity contribution in [1.82, 2.24) is 19.2 Å². The van der Waals surface area contributed by atoms with Gasteiger partial charge in [-0.3, -0.25) is 19.1 Å².